The number of aromatic nitrogens is 3. The fourth-order valence-corrected chi connectivity index (χ4v) is 3.32. The summed E-state index contributed by atoms with van der Waals surface area (Å²) < 4.78 is 1.27. The van der Waals surface area contributed by atoms with E-state index in [1.165, 1.54) is 10.9 Å². The molecule has 1 fully saturated rings. The zero-order valence-electron chi connectivity index (χ0n) is 15.2. The molecule has 138 valence electrons. The lowest BCUT2D eigenvalue weighted by molar-refractivity contribution is -0.137. The summed E-state index contributed by atoms with van der Waals surface area (Å²) in [6, 6.07) is 7.51. The van der Waals surface area contributed by atoms with E-state index < -0.39 is 5.97 Å². The molecule has 1 amide bonds. The number of pyridine rings is 1. The van der Waals surface area contributed by atoms with Gasteiger partial charge < -0.3 is 10.4 Å². The molecule has 4 rings (SSSR count). The lowest BCUT2D eigenvalue weighted by Gasteiger charge is -2.12. The van der Waals surface area contributed by atoms with E-state index in [9.17, 15) is 9.59 Å². The quantitative estimate of drug-likeness (QED) is 0.724. The molecule has 0 unspecified atom stereocenters. The molecular formula is C20H20N4O3. The summed E-state index contributed by atoms with van der Waals surface area (Å²) in [5.41, 5.74) is 4.50. The van der Waals surface area contributed by atoms with Crippen LogP contribution in [0, 0.1) is 13.8 Å². The van der Waals surface area contributed by atoms with E-state index >= 15 is 0 Å². The Morgan fingerprint density at radius 1 is 1.26 bits per heavy atom. The number of rotatable bonds is 5. The number of carbonyl (C=O) groups is 2. The van der Waals surface area contributed by atoms with Crippen molar-refractivity contribution in [2.45, 2.75) is 39.2 Å². The molecule has 1 aliphatic rings. The van der Waals surface area contributed by atoms with Gasteiger partial charge in [0.15, 0.2) is 5.82 Å². The van der Waals surface area contributed by atoms with Crippen LogP contribution in [-0.2, 0) is 11.3 Å². The predicted octanol–water partition coefficient (Wildman–Crippen LogP) is 3.26. The molecule has 3 aromatic rings. The van der Waals surface area contributed by atoms with Gasteiger partial charge in [0.2, 0.25) is 0 Å². The maximum absolute atomic E-state index is 13.0. The smallest absolute Gasteiger partial charge is 0.325 e. The van der Waals surface area contributed by atoms with Crippen LogP contribution in [0.15, 0.2) is 30.5 Å². The highest BCUT2D eigenvalue weighted by atomic mass is 16.4. The lowest BCUT2D eigenvalue weighted by Crippen LogP contribution is -2.15. The largest absolute Gasteiger partial charge is 0.480 e. The number of carboxylic acids is 1. The van der Waals surface area contributed by atoms with Crippen molar-refractivity contribution in [2.75, 3.05) is 5.32 Å². The van der Waals surface area contributed by atoms with E-state index in [-0.39, 0.29) is 12.5 Å². The summed E-state index contributed by atoms with van der Waals surface area (Å²) >= 11 is 0. The molecule has 1 saturated carbocycles. The second-order valence-corrected chi connectivity index (χ2v) is 7.09. The Bertz CT molecular complexity index is 1070. The summed E-state index contributed by atoms with van der Waals surface area (Å²) in [6.07, 6.45) is 3.73. The lowest BCUT2D eigenvalue weighted by atomic mass is 10.00. The van der Waals surface area contributed by atoms with Gasteiger partial charge in [-0.3, -0.25) is 19.3 Å². The Morgan fingerprint density at radius 3 is 2.74 bits per heavy atom. The topological polar surface area (TPSA) is 97.1 Å². The van der Waals surface area contributed by atoms with Crippen molar-refractivity contribution < 1.29 is 14.7 Å². The van der Waals surface area contributed by atoms with E-state index in [0.717, 1.165) is 40.6 Å². The first-order chi connectivity index (χ1) is 12.9. The molecule has 1 aromatic carbocycles. The molecule has 0 atom stereocenters. The molecule has 2 heterocycles. The van der Waals surface area contributed by atoms with Gasteiger partial charge in [-0.1, -0.05) is 11.6 Å². The molecule has 7 heteroatoms. The normalized spacial score (nSPS) is 13.7. The first-order valence-electron chi connectivity index (χ1n) is 8.89. The van der Waals surface area contributed by atoms with Crippen molar-refractivity contribution >= 4 is 28.6 Å². The number of benzene rings is 1. The van der Waals surface area contributed by atoms with Gasteiger partial charge >= 0.3 is 5.97 Å². The maximum atomic E-state index is 13.0. The molecule has 7 nitrogen and oxygen atoms in total. The standard InChI is InChI=1S/C20H20N4O3/c1-11-7-12(2)19-14(8-11)15(9-16(21-19)13-3-4-13)20(27)22-17-5-6-24(23-17)10-18(25)26/h5-9,13H,3-4,10H2,1-2H3,(H,25,26)(H,22,23,27). The minimum atomic E-state index is -0.990. The zero-order chi connectivity index (χ0) is 19.1. The summed E-state index contributed by atoms with van der Waals surface area (Å²) in [4.78, 5) is 28.6. The number of carboxylic acid groups (broad SMARTS) is 1. The highest BCUT2D eigenvalue weighted by Crippen LogP contribution is 2.40. The van der Waals surface area contributed by atoms with Gasteiger partial charge in [-0.05, 0) is 44.4 Å². The van der Waals surface area contributed by atoms with Crippen LogP contribution >= 0.6 is 0 Å². The third kappa shape index (κ3) is 3.53. The second kappa shape index (κ2) is 6.50. The Labute approximate surface area is 156 Å². The Hall–Kier alpha value is -3.22. The third-order valence-electron chi connectivity index (χ3n) is 4.69. The molecule has 0 aliphatic heterocycles. The first-order valence-corrected chi connectivity index (χ1v) is 8.89. The van der Waals surface area contributed by atoms with Crippen LogP contribution in [-0.4, -0.2) is 31.7 Å². The first kappa shape index (κ1) is 17.2. The van der Waals surface area contributed by atoms with E-state index in [1.807, 2.05) is 26.0 Å². The van der Waals surface area contributed by atoms with Gasteiger partial charge in [0.25, 0.3) is 5.91 Å². The SMILES string of the molecule is Cc1cc(C)c2nc(C3CC3)cc(C(=O)Nc3ccn(CC(=O)O)n3)c2c1. The number of fused-ring (bicyclic) bond motifs is 1. The van der Waals surface area contributed by atoms with Crippen LogP contribution in [0.3, 0.4) is 0 Å². The average Bonchev–Trinajstić information content (AvgIpc) is 3.35. The number of nitrogens with zero attached hydrogens (tertiary/aromatic N) is 3. The van der Waals surface area contributed by atoms with Gasteiger partial charge in [-0.25, -0.2) is 0 Å². The van der Waals surface area contributed by atoms with Crippen LogP contribution < -0.4 is 5.32 Å². The van der Waals surface area contributed by atoms with Gasteiger partial charge in [-0.2, -0.15) is 5.10 Å². The van der Waals surface area contributed by atoms with Crippen molar-refractivity contribution in [1.29, 1.82) is 0 Å². The van der Waals surface area contributed by atoms with Gasteiger partial charge in [0.1, 0.15) is 6.54 Å². The van der Waals surface area contributed by atoms with E-state index in [2.05, 4.69) is 16.5 Å². The number of anilines is 1. The molecule has 0 radical (unpaired) electrons. The number of aryl methyl sites for hydroxylation is 2. The zero-order valence-corrected chi connectivity index (χ0v) is 15.2. The van der Waals surface area contributed by atoms with E-state index in [0.29, 0.717) is 17.3 Å². The molecule has 0 bridgehead atoms. The summed E-state index contributed by atoms with van der Waals surface area (Å²) in [6.45, 7) is 3.75. The number of hydrogen-bond acceptors (Lipinski definition) is 4. The van der Waals surface area contributed by atoms with Crippen molar-refractivity contribution in [3.8, 4) is 0 Å². The van der Waals surface area contributed by atoms with Gasteiger partial charge in [0.05, 0.1) is 11.1 Å². The average molecular weight is 364 g/mol. The molecule has 0 saturated heterocycles. The predicted molar refractivity (Wildman–Crippen MR) is 101 cm³/mol. The van der Waals surface area contributed by atoms with Crippen molar-refractivity contribution in [1.82, 2.24) is 14.8 Å². The van der Waals surface area contributed by atoms with Crippen molar-refractivity contribution in [2.24, 2.45) is 0 Å². The van der Waals surface area contributed by atoms with Crippen LogP contribution in [0.5, 0.6) is 0 Å². The summed E-state index contributed by atoms with van der Waals surface area (Å²) in [5, 5.41) is 16.5. The monoisotopic (exact) mass is 364 g/mol. The van der Waals surface area contributed by atoms with Crippen LogP contribution in [0.2, 0.25) is 0 Å². The Morgan fingerprint density at radius 2 is 2.04 bits per heavy atom. The number of nitrogens with one attached hydrogen (secondary N) is 1. The van der Waals surface area contributed by atoms with Crippen molar-refractivity contribution in [3.63, 3.8) is 0 Å². The van der Waals surface area contributed by atoms with E-state index in [4.69, 9.17) is 10.1 Å². The Balaban J connectivity index is 1.72. The van der Waals surface area contributed by atoms with Gasteiger partial charge in [0, 0.05) is 29.3 Å². The number of hydrogen-bond donors (Lipinski definition) is 2. The summed E-state index contributed by atoms with van der Waals surface area (Å²) in [7, 11) is 0. The maximum Gasteiger partial charge on any atom is 0.325 e. The van der Waals surface area contributed by atoms with Gasteiger partial charge in [-0.15, -0.1) is 0 Å². The molecule has 27 heavy (non-hydrogen) atoms. The van der Waals surface area contributed by atoms with Crippen LogP contribution in [0.4, 0.5) is 5.82 Å². The molecule has 0 spiro atoms. The number of aliphatic carboxylic acids is 1. The highest BCUT2D eigenvalue weighted by molar-refractivity contribution is 6.12. The molecular weight excluding hydrogens is 344 g/mol. The second-order valence-electron chi connectivity index (χ2n) is 7.09. The number of carbonyl (C=O) groups excluding carboxylic acids is 1. The third-order valence-corrected chi connectivity index (χ3v) is 4.69. The van der Waals surface area contributed by atoms with Crippen molar-refractivity contribution in [3.05, 3.63) is 52.8 Å². The van der Waals surface area contributed by atoms with Crippen LogP contribution in [0.1, 0.15) is 45.9 Å². The van der Waals surface area contributed by atoms with E-state index in [1.54, 1.807) is 6.07 Å². The van der Waals surface area contributed by atoms with Crippen LogP contribution in [0.25, 0.3) is 10.9 Å². The Kier molecular flexibility index (Phi) is 4.14. The summed E-state index contributed by atoms with van der Waals surface area (Å²) in [5.74, 6) is -0.508. The minimum Gasteiger partial charge on any atom is -0.480 e. The molecule has 2 N–H and O–H groups in total. The molecule has 2 aromatic heterocycles. The molecule has 1 aliphatic carbocycles. The highest BCUT2D eigenvalue weighted by Gasteiger charge is 2.27. The number of amides is 1. The minimum absolute atomic E-state index is 0.252. The fourth-order valence-electron chi connectivity index (χ4n) is 3.32. The fraction of sp³-hybridized carbons (Fsp3) is 0.300.